The molecule has 0 N–H and O–H groups in total. The molecule has 8 heteroatoms. The highest BCUT2D eigenvalue weighted by molar-refractivity contribution is 7.89. The van der Waals surface area contributed by atoms with Gasteiger partial charge in [0.1, 0.15) is 5.60 Å². The van der Waals surface area contributed by atoms with Crippen molar-refractivity contribution in [1.29, 1.82) is 0 Å². The highest BCUT2D eigenvalue weighted by atomic mass is 35.5. The van der Waals surface area contributed by atoms with E-state index in [0.717, 1.165) is 11.1 Å². The lowest BCUT2D eigenvalue weighted by atomic mass is 9.89. The van der Waals surface area contributed by atoms with E-state index in [4.69, 9.17) is 27.9 Å². The van der Waals surface area contributed by atoms with Gasteiger partial charge >= 0.3 is 5.97 Å². The Balaban J connectivity index is 1.98. The van der Waals surface area contributed by atoms with Gasteiger partial charge in [-0.05, 0) is 81.6 Å². The van der Waals surface area contributed by atoms with Crippen LogP contribution in [-0.2, 0) is 19.6 Å². The fourth-order valence-corrected chi connectivity index (χ4v) is 6.62. The fraction of sp³-hybridized carbons (Fsp3) is 0.276. The molecule has 5 nitrogen and oxygen atoms in total. The smallest absolute Gasteiger partial charge is 0.336 e. The van der Waals surface area contributed by atoms with Gasteiger partial charge in [0.15, 0.2) is 0 Å². The Hall–Kier alpha value is -2.64. The van der Waals surface area contributed by atoms with E-state index in [-0.39, 0.29) is 16.9 Å². The SMILES string of the molecule is Cc1ccc(S(=O)(=O)N2[C@@H](c3cccc(Cl)c3)C(C(=O)OC(C)(C)C)=CC[C@H]2c2cccc(Cl)c2)cc1. The summed E-state index contributed by atoms with van der Waals surface area (Å²) in [7, 11) is -4.11. The maximum Gasteiger partial charge on any atom is 0.336 e. The number of ether oxygens (including phenoxy) is 1. The zero-order chi connectivity index (χ0) is 27.0. The number of sulfonamides is 1. The average Bonchev–Trinajstić information content (AvgIpc) is 2.82. The molecular formula is C29H29Cl2NO4S. The largest absolute Gasteiger partial charge is 0.457 e. The molecule has 0 fully saturated rings. The van der Waals surface area contributed by atoms with E-state index in [0.29, 0.717) is 15.6 Å². The van der Waals surface area contributed by atoms with Gasteiger partial charge < -0.3 is 4.74 Å². The first-order chi connectivity index (χ1) is 17.4. The number of hydrogen-bond acceptors (Lipinski definition) is 4. The molecule has 0 aliphatic carbocycles. The van der Waals surface area contributed by atoms with Crippen LogP contribution in [0.3, 0.4) is 0 Å². The Bertz CT molecular complexity index is 1440. The van der Waals surface area contributed by atoms with Crippen molar-refractivity contribution in [2.45, 2.75) is 56.7 Å². The molecule has 1 aliphatic rings. The van der Waals surface area contributed by atoms with Crippen molar-refractivity contribution in [3.05, 3.63) is 111 Å². The highest BCUT2D eigenvalue weighted by Gasteiger charge is 2.45. The van der Waals surface area contributed by atoms with Gasteiger partial charge in [0.25, 0.3) is 0 Å². The van der Waals surface area contributed by atoms with Gasteiger partial charge in [0.05, 0.1) is 22.6 Å². The Kier molecular flexibility index (Phi) is 7.86. The van der Waals surface area contributed by atoms with Crippen LogP contribution >= 0.6 is 23.2 Å². The number of benzene rings is 3. The van der Waals surface area contributed by atoms with E-state index >= 15 is 0 Å². The summed E-state index contributed by atoms with van der Waals surface area (Å²) in [5.74, 6) is -0.578. The van der Waals surface area contributed by atoms with Crippen LogP contribution in [0, 0.1) is 6.92 Å². The first-order valence-corrected chi connectivity index (χ1v) is 14.1. The first kappa shape index (κ1) is 27.4. The van der Waals surface area contributed by atoms with Crippen LogP contribution in [0.4, 0.5) is 0 Å². The molecule has 0 aromatic heterocycles. The Morgan fingerprint density at radius 2 is 1.49 bits per heavy atom. The minimum Gasteiger partial charge on any atom is -0.457 e. The normalized spacial score (nSPS) is 18.8. The lowest BCUT2D eigenvalue weighted by Gasteiger charge is -2.41. The number of hydrogen-bond donors (Lipinski definition) is 0. The van der Waals surface area contributed by atoms with Gasteiger partial charge in [0.2, 0.25) is 10.0 Å². The lowest BCUT2D eigenvalue weighted by Crippen LogP contribution is -2.43. The summed E-state index contributed by atoms with van der Waals surface area (Å²) in [6.45, 7) is 7.22. The summed E-state index contributed by atoms with van der Waals surface area (Å²) >= 11 is 12.7. The molecule has 2 atom stereocenters. The first-order valence-electron chi connectivity index (χ1n) is 11.9. The number of halogens is 2. The fourth-order valence-electron chi connectivity index (χ4n) is 4.44. The van der Waals surface area contributed by atoms with Crippen molar-refractivity contribution in [2.75, 3.05) is 0 Å². The summed E-state index contributed by atoms with van der Waals surface area (Å²) in [5, 5.41) is 0.921. The highest BCUT2D eigenvalue weighted by Crippen LogP contribution is 2.46. The van der Waals surface area contributed by atoms with Gasteiger partial charge in [0, 0.05) is 10.0 Å². The third-order valence-corrected chi connectivity index (χ3v) is 8.40. The van der Waals surface area contributed by atoms with Crippen molar-refractivity contribution in [1.82, 2.24) is 4.31 Å². The van der Waals surface area contributed by atoms with E-state index in [2.05, 4.69) is 0 Å². The molecular weight excluding hydrogens is 529 g/mol. The zero-order valence-corrected chi connectivity index (χ0v) is 23.4. The quantitative estimate of drug-likeness (QED) is 0.305. The number of nitrogens with zero attached hydrogens (tertiary/aromatic N) is 1. The molecule has 1 heterocycles. The van der Waals surface area contributed by atoms with E-state index in [1.54, 1.807) is 93.6 Å². The minimum atomic E-state index is -4.11. The summed E-state index contributed by atoms with van der Waals surface area (Å²) in [6, 6.07) is 19.1. The van der Waals surface area contributed by atoms with Crippen molar-refractivity contribution in [3.8, 4) is 0 Å². The minimum absolute atomic E-state index is 0.127. The van der Waals surface area contributed by atoms with E-state index < -0.39 is 33.7 Å². The van der Waals surface area contributed by atoms with Crippen LogP contribution in [0.1, 0.15) is 56.0 Å². The van der Waals surface area contributed by atoms with Crippen LogP contribution in [0.5, 0.6) is 0 Å². The Morgan fingerprint density at radius 3 is 2.05 bits per heavy atom. The molecule has 37 heavy (non-hydrogen) atoms. The molecule has 0 unspecified atom stereocenters. The molecule has 0 radical (unpaired) electrons. The van der Waals surface area contributed by atoms with Crippen LogP contribution in [0.25, 0.3) is 0 Å². The maximum absolute atomic E-state index is 14.4. The van der Waals surface area contributed by atoms with Crippen molar-refractivity contribution < 1.29 is 17.9 Å². The Morgan fingerprint density at radius 1 is 0.919 bits per heavy atom. The zero-order valence-electron chi connectivity index (χ0n) is 21.1. The number of carbonyl (C=O) groups excluding carboxylic acids is 1. The molecule has 194 valence electrons. The predicted octanol–water partition coefficient (Wildman–Crippen LogP) is 7.45. The van der Waals surface area contributed by atoms with Gasteiger partial charge in [-0.15, -0.1) is 0 Å². The summed E-state index contributed by atoms with van der Waals surface area (Å²) in [6.07, 6.45) is 2.03. The van der Waals surface area contributed by atoms with Crippen LogP contribution in [-0.4, -0.2) is 24.3 Å². The standard InChI is InChI=1S/C29H29Cl2NO4S/c1-19-11-13-24(14-12-19)37(34,35)32-26(20-7-5-9-22(30)17-20)16-15-25(28(33)36-29(2,3)4)27(32)21-8-6-10-23(31)18-21/h5-15,17-18,26-27H,16H2,1-4H3/t26-,27-/m0/s1. The molecule has 0 saturated carbocycles. The van der Waals surface area contributed by atoms with Gasteiger partial charge in [-0.1, -0.05) is 71.2 Å². The number of rotatable bonds is 5. The van der Waals surface area contributed by atoms with Crippen LogP contribution in [0.2, 0.25) is 10.0 Å². The molecule has 3 aromatic rings. The molecule has 0 saturated heterocycles. The second-order valence-corrected chi connectivity index (χ2v) is 12.8. The van der Waals surface area contributed by atoms with Gasteiger partial charge in [-0.2, -0.15) is 4.31 Å². The summed E-state index contributed by atoms with van der Waals surface area (Å²) in [5.41, 5.74) is 1.69. The lowest BCUT2D eigenvalue weighted by molar-refractivity contribution is -0.150. The number of carbonyl (C=O) groups is 1. The molecule has 0 spiro atoms. The number of aryl methyl sites for hydroxylation is 1. The third kappa shape index (κ3) is 6.10. The average molecular weight is 559 g/mol. The second-order valence-electron chi connectivity index (χ2n) is 10.1. The van der Waals surface area contributed by atoms with Crippen LogP contribution < -0.4 is 0 Å². The molecule has 0 amide bonds. The maximum atomic E-state index is 14.4. The summed E-state index contributed by atoms with van der Waals surface area (Å²) < 4.78 is 35.9. The van der Waals surface area contributed by atoms with Crippen molar-refractivity contribution in [3.63, 3.8) is 0 Å². The van der Waals surface area contributed by atoms with Crippen LogP contribution in [0.15, 0.2) is 89.3 Å². The van der Waals surface area contributed by atoms with E-state index in [1.165, 1.54) is 4.31 Å². The molecule has 1 aliphatic heterocycles. The van der Waals surface area contributed by atoms with Gasteiger partial charge in [-0.3, -0.25) is 0 Å². The van der Waals surface area contributed by atoms with E-state index in [9.17, 15) is 13.2 Å². The number of esters is 1. The topological polar surface area (TPSA) is 63.7 Å². The molecule has 4 rings (SSSR count). The predicted molar refractivity (Wildman–Crippen MR) is 147 cm³/mol. The summed E-state index contributed by atoms with van der Waals surface area (Å²) in [4.78, 5) is 13.6. The monoisotopic (exact) mass is 557 g/mol. The third-order valence-electron chi connectivity index (χ3n) is 6.05. The molecule has 3 aromatic carbocycles. The van der Waals surface area contributed by atoms with E-state index in [1.807, 2.05) is 13.0 Å². The second kappa shape index (κ2) is 10.6. The van der Waals surface area contributed by atoms with Crippen molar-refractivity contribution in [2.24, 2.45) is 0 Å². The molecule has 0 bridgehead atoms. The van der Waals surface area contributed by atoms with Crippen molar-refractivity contribution >= 4 is 39.2 Å². The Labute approximate surface area is 228 Å². The van der Waals surface area contributed by atoms with Gasteiger partial charge in [-0.25, -0.2) is 13.2 Å².